The van der Waals surface area contributed by atoms with Crippen molar-refractivity contribution in [3.63, 3.8) is 0 Å². The monoisotopic (exact) mass is 237 g/mol. The Morgan fingerprint density at radius 2 is 2.29 bits per heavy atom. The molecule has 0 atom stereocenters. The highest BCUT2D eigenvalue weighted by atomic mass is 19.1. The van der Waals surface area contributed by atoms with Crippen molar-refractivity contribution in [3.8, 4) is 0 Å². The third-order valence-electron chi connectivity index (χ3n) is 2.05. The lowest BCUT2D eigenvalue weighted by atomic mass is 10.2. The first-order chi connectivity index (χ1) is 8.15. The lowest BCUT2D eigenvalue weighted by Gasteiger charge is -2.03. The third-order valence-corrected chi connectivity index (χ3v) is 2.05. The molecule has 2 rings (SSSR count). The summed E-state index contributed by atoms with van der Waals surface area (Å²) in [7, 11) is 0. The molecular weight excluding hydrogens is 229 g/mol. The Hall–Kier alpha value is -2.44. The van der Waals surface area contributed by atoms with E-state index in [0.29, 0.717) is 11.4 Å². The number of rotatable bonds is 4. The molecule has 1 heterocycles. The summed E-state index contributed by atoms with van der Waals surface area (Å²) in [5.41, 5.74) is 0.0122. The second kappa shape index (κ2) is 4.60. The van der Waals surface area contributed by atoms with Gasteiger partial charge in [-0.15, -0.1) is 0 Å². The SMILES string of the molecule is O=[N+]([O-])c1cc(F)cc(NCc2ccno2)c1. The molecule has 6 nitrogen and oxygen atoms in total. The summed E-state index contributed by atoms with van der Waals surface area (Å²) >= 11 is 0. The number of non-ortho nitro benzene ring substituents is 1. The number of aromatic nitrogens is 1. The van der Waals surface area contributed by atoms with E-state index >= 15 is 0 Å². The Morgan fingerprint density at radius 3 is 2.94 bits per heavy atom. The smallest absolute Gasteiger partial charge is 0.274 e. The highest BCUT2D eigenvalue weighted by Crippen LogP contribution is 2.20. The van der Waals surface area contributed by atoms with Crippen molar-refractivity contribution in [1.29, 1.82) is 0 Å². The highest BCUT2D eigenvalue weighted by Gasteiger charge is 2.09. The maximum absolute atomic E-state index is 13.1. The number of anilines is 1. The Kier molecular flexibility index (Phi) is 2.99. The van der Waals surface area contributed by atoms with Crippen LogP contribution in [-0.4, -0.2) is 10.1 Å². The third kappa shape index (κ3) is 2.77. The summed E-state index contributed by atoms with van der Waals surface area (Å²) in [5, 5.41) is 16.8. The van der Waals surface area contributed by atoms with Crippen LogP contribution in [0, 0.1) is 15.9 Å². The minimum absolute atomic E-state index is 0.278. The van der Waals surface area contributed by atoms with E-state index in [1.165, 1.54) is 18.3 Å². The summed E-state index contributed by atoms with van der Waals surface area (Å²) in [6.45, 7) is 0.278. The van der Waals surface area contributed by atoms with Gasteiger partial charge >= 0.3 is 0 Å². The van der Waals surface area contributed by atoms with Crippen molar-refractivity contribution < 1.29 is 13.8 Å². The van der Waals surface area contributed by atoms with Gasteiger partial charge in [-0.3, -0.25) is 10.1 Å². The fourth-order valence-electron chi connectivity index (χ4n) is 1.30. The molecule has 0 aliphatic rings. The summed E-state index contributed by atoms with van der Waals surface area (Å²) < 4.78 is 17.9. The Morgan fingerprint density at radius 1 is 1.47 bits per heavy atom. The molecule has 0 aliphatic heterocycles. The van der Waals surface area contributed by atoms with Crippen LogP contribution in [0.3, 0.4) is 0 Å². The van der Waals surface area contributed by atoms with Crippen molar-refractivity contribution in [1.82, 2.24) is 5.16 Å². The minimum atomic E-state index is -0.667. The zero-order chi connectivity index (χ0) is 12.3. The van der Waals surface area contributed by atoms with Gasteiger partial charge in [-0.2, -0.15) is 0 Å². The van der Waals surface area contributed by atoms with E-state index in [-0.39, 0.29) is 12.2 Å². The lowest BCUT2D eigenvalue weighted by Crippen LogP contribution is -2.00. The molecule has 1 aromatic carbocycles. The standard InChI is InChI=1S/C10H8FN3O3/c11-7-3-8(5-9(4-7)14(15)16)12-6-10-1-2-13-17-10/h1-5,12H,6H2. The van der Waals surface area contributed by atoms with E-state index in [0.717, 1.165) is 6.07 Å². The van der Waals surface area contributed by atoms with Crippen LogP contribution >= 0.6 is 0 Å². The first-order valence-electron chi connectivity index (χ1n) is 4.73. The second-order valence-electron chi connectivity index (χ2n) is 3.29. The molecule has 0 radical (unpaired) electrons. The largest absolute Gasteiger partial charge is 0.377 e. The molecule has 0 bridgehead atoms. The number of nitrogens with zero attached hydrogens (tertiary/aromatic N) is 2. The van der Waals surface area contributed by atoms with Gasteiger partial charge in [0.1, 0.15) is 5.82 Å². The van der Waals surface area contributed by atoms with Gasteiger partial charge < -0.3 is 9.84 Å². The van der Waals surface area contributed by atoms with Crippen molar-refractivity contribution in [3.05, 3.63) is 52.2 Å². The van der Waals surface area contributed by atoms with Crippen LogP contribution < -0.4 is 5.32 Å². The molecule has 1 N–H and O–H groups in total. The first kappa shape index (κ1) is 11.1. The molecule has 0 aliphatic carbocycles. The molecular formula is C10H8FN3O3. The average molecular weight is 237 g/mol. The summed E-state index contributed by atoms with van der Waals surface area (Å²) in [6.07, 6.45) is 1.48. The van der Waals surface area contributed by atoms with E-state index in [1.54, 1.807) is 6.07 Å². The fourth-order valence-corrected chi connectivity index (χ4v) is 1.30. The van der Waals surface area contributed by atoms with E-state index < -0.39 is 10.7 Å². The van der Waals surface area contributed by atoms with Crippen LogP contribution in [0.5, 0.6) is 0 Å². The molecule has 1 aromatic heterocycles. The van der Waals surface area contributed by atoms with Crippen molar-refractivity contribution in [2.45, 2.75) is 6.54 Å². The van der Waals surface area contributed by atoms with Crippen LogP contribution in [0.25, 0.3) is 0 Å². The van der Waals surface area contributed by atoms with Gasteiger partial charge in [0.25, 0.3) is 5.69 Å². The van der Waals surface area contributed by atoms with Crippen LogP contribution in [0.15, 0.2) is 35.0 Å². The van der Waals surface area contributed by atoms with Crippen LogP contribution in [-0.2, 0) is 6.54 Å². The zero-order valence-electron chi connectivity index (χ0n) is 8.59. The number of nitrogens with one attached hydrogen (secondary N) is 1. The van der Waals surface area contributed by atoms with Gasteiger partial charge in [0.05, 0.1) is 23.7 Å². The summed E-state index contributed by atoms with van der Waals surface area (Å²) in [5.74, 6) is -0.115. The minimum Gasteiger partial charge on any atom is -0.377 e. The van der Waals surface area contributed by atoms with Crippen LogP contribution in [0.4, 0.5) is 15.8 Å². The molecule has 0 unspecified atom stereocenters. The maximum atomic E-state index is 13.1. The molecule has 0 fully saturated rings. The molecule has 88 valence electrons. The predicted octanol–water partition coefficient (Wildman–Crippen LogP) is 2.33. The first-order valence-corrected chi connectivity index (χ1v) is 4.73. The van der Waals surface area contributed by atoms with Gasteiger partial charge in [-0.25, -0.2) is 4.39 Å². The molecule has 0 saturated carbocycles. The highest BCUT2D eigenvalue weighted by molar-refractivity contribution is 5.51. The van der Waals surface area contributed by atoms with E-state index in [2.05, 4.69) is 10.5 Å². The van der Waals surface area contributed by atoms with E-state index in [1.807, 2.05) is 0 Å². The van der Waals surface area contributed by atoms with Crippen LogP contribution in [0.1, 0.15) is 5.76 Å². The number of halogens is 1. The molecule has 17 heavy (non-hydrogen) atoms. The quantitative estimate of drug-likeness (QED) is 0.651. The van der Waals surface area contributed by atoms with Gasteiger partial charge in [0, 0.05) is 17.8 Å². The fraction of sp³-hybridized carbons (Fsp3) is 0.100. The average Bonchev–Trinajstić information content (AvgIpc) is 2.78. The predicted molar refractivity (Wildman–Crippen MR) is 56.9 cm³/mol. The molecule has 0 spiro atoms. The number of hydrogen-bond acceptors (Lipinski definition) is 5. The molecule has 7 heteroatoms. The van der Waals surface area contributed by atoms with Gasteiger partial charge in [-0.05, 0) is 6.07 Å². The van der Waals surface area contributed by atoms with Crippen molar-refractivity contribution in [2.24, 2.45) is 0 Å². The topological polar surface area (TPSA) is 81.2 Å². The number of benzene rings is 1. The number of hydrogen-bond donors (Lipinski definition) is 1. The maximum Gasteiger partial charge on any atom is 0.274 e. The normalized spacial score (nSPS) is 10.2. The second-order valence-corrected chi connectivity index (χ2v) is 3.29. The van der Waals surface area contributed by atoms with Gasteiger partial charge in [0.15, 0.2) is 5.76 Å². The van der Waals surface area contributed by atoms with Gasteiger partial charge in [0.2, 0.25) is 0 Å². The van der Waals surface area contributed by atoms with Crippen molar-refractivity contribution in [2.75, 3.05) is 5.32 Å². The Bertz CT molecular complexity index is 528. The summed E-state index contributed by atoms with van der Waals surface area (Å²) in [4.78, 5) is 9.87. The van der Waals surface area contributed by atoms with E-state index in [4.69, 9.17) is 4.52 Å². The molecule has 2 aromatic rings. The lowest BCUT2D eigenvalue weighted by molar-refractivity contribution is -0.385. The van der Waals surface area contributed by atoms with Crippen molar-refractivity contribution >= 4 is 11.4 Å². The number of nitro benzene ring substituents is 1. The Labute approximate surface area is 95.2 Å². The van der Waals surface area contributed by atoms with E-state index in [9.17, 15) is 14.5 Å². The number of nitro groups is 1. The van der Waals surface area contributed by atoms with Crippen LogP contribution in [0.2, 0.25) is 0 Å². The zero-order valence-corrected chi connectivity index (χ0v) is 8.59. The summed E-state index contributed by atoms with van der Waals surface area (Å²) in [6, 6.07) is 4.92. The molecule has 0 saturated heterocycles. The molecule has 0 amide bonds. The van der Waals surface area contributed by atoms with Gasteiger partial charge in [-0.1, -0.05) is 5.16 Å². The Balaban J connectivity index is 2.13.